The first-order valence-electron chi connectivity index (χ1n) is 11.6. The molecule has 3 heterocycles. The second-order valence-corrected chi connectivity index (χ2v) is 9.82. The number of hydrogen-bond acceptors (Lipinski definition) is 6. The molecule has 0 aliphatic carbocycles. The number of halogens is 4. The number of β-lactam (4-membered cyclic amide) rings is 2. The van der Waals surface area contributed by atoms with E-state index in [1.807, 2.05) is 0 Å². The number of hydrazine groups is 2. The maximum absolute atomic E-state index is 13.4. The summed E-state index contributed by atoms with van der Waals surface area (Å²) in [5, 5.41) is 10.8. The van der Waals surface area contributed by atoms with Gasteiger partial charge in [-0.2, -0.15) is 0 Å². The third-order valence-corrected chi connectivity index (χ3v) is 7.47. The molecule has 8 nitrogen and oxygen atoms in total. The number of carbonyl (C=O) groups is 2. The lowest BCUT2D eigenvalue weighted by Gasteiger charge is -2.44. The Morgan fingerprint density at radius 1 is 0.632 bits per heavy atom. The summed E-state index contributed by atoms with van der Waals surface area (Å²) in [5.74, 6) is -0.947. The number of rotatable bonds is 6. The van der Waals surface area contributed by atoms with E-state index >= 15 is 0 Å². The van der Waals surface area contributed by atoms with Crippen LogP contribution >= 0.6 is 23.2 Å². The molecule has 0 saturated carbocycles. The van der Waals surface area contributed by atoms with Crippen LogP contribution < -0.4 is 10.9 Å². The summed E-state index contributed by atoms with van der Waals surface area (Å²) < 4.78 is 26.8. The molecule has 2 aliphatic heterocycles. The second-order valence-electron chi connectivity index (χ2n) is 8.88. The number of nitrogens with zero attached hydrogens (tertiary/aromatic N) is 4. The van der Waals surface area contributed by atoms with Gasteiger partial charge in [-0.3, -0.25) is 20.4 Å². The smallest absolute Gasteiger partial charge is 0.262 e. The van der Waals surface area contributed by atoms with Crippen LogP contribution in [0.5, 0.6) is 0 Å². The molecule has 3 aromatic carbocycles. The summed E-state index contributed by atoms with van der Waals surface area (Å²) >= 11 is 12.6. The number of anilines is 2. The van der Waals surface area contributed by atoms with Crippen LogP contribution in [-0.2, 0) is 9.59 Å². The summed E-state index contributed by atoms with van der Waals surface area (Å²) in [6.07, 6.45) is 0. The standard InChI is InChI=1S/C26H18Cl2F2N6O2/c27-19-21(13-5-9-15(29)10-6-13)35(25(19)37)33-23-17-3-1-2-4-18(17)24(32-31-23)34-36-22(20(28)26(36)38)14-7-11-16(30)12-8-14/h1-12,19-22H,(H,31,33)(H,32,34). The van der Waals surface area contributed by atoms with Crippen LogP contribution in [0.25, 0.3) is 10.8 Å². The molecule has 4 aromatic rings. The van der Waals surface area contributed by atoms with Crippen LogP contribution in [0.2, 0.25) is 0 Å². The Labute approximate surface area is 225 Å². The quantitative estimate of drug-likeness (QED) is 0.259. The van der Waals surface area contributed by atoms with E-state index in [0.29, 0.717) is 21.9 Å². The van der Waals surface area contributed by atoms with E-state index in [1.54, 1.807) is 48.5 Å². The van der Waals surface area contributed by atoms with Crippen molar-refractivity contribution in [1.29, 1.82) is 0 Å². The largest absolute Gasteiger partial charge is 0.277 e. The van der Waals surface area contributed by atoms with E-state index < -0.39 is 34.5 Å². The highest BCUT2D eigenvalue weighted by Crippen LogP contribution is 2.41. The highest BCUT2D eigenvalue weighted by Gasteiger charge is 2.49. The zero-order chi connectivity index (χ0) is 26.6. The monoisotopic (exact) mass is 554 g/mol. The van der Waals surface area contributed by atoms with E-state index in [-0.39, 0.29) is 23.5 Å². The van der Waals surface area contributed by atoms with Crippen LogP contribution in [0, 0.1) is 11.6 Å². The zero-order valence-electron chi connectivity index (χ0n) is 19.4. The van der Waals surface area contributed by atoms with Crippen molar-refractivity contribution in [3.8, 4) is 0 Å². The van der Waals surface area contributed by atoms with Gasteiger partial charge in [0.05, 0.1) is 0 Å². The first-order chi connectivity index (χ1) is 18.3. The summed E-state index contributed by atoms with van der Waals surface area (Å²) in [4.78, 5) is 25.2. The zero-order valence-corrected chi connectivity index (χ0v) is 20.9. The molecule has 2 fully saturated rings. The SMILES string of the molecule is O=C1C(Cl)C(c2ccc(F)cc2)N1Nc1nnc(NN2C(=O)C(Cl)C2c2ccc(F)cc2)c2ccccc12. The number of benzene rings is 3. The molecule has 2 aliphatic rings. The van der Waals surface area contributed by atoms with Gasteiger partial charge >= 0.3 is 0 Å². The molecule has 2 amide bonds. The Bertz CT molecular complexity index is 1440. The lowest BCUT2D eigenvalue weighted by atomic mass is 9.95. The highest BCUT2D eigenvalue weighted by atomic mass is 35.5. The third-order valence-electron chi connectivity index (χ3n) is 6.62. The fourth-order valence-corrected chi connectivity index (χ4v) is 5.34. The van der Waals surface area contributed by atoms with Gasteiger partial charge in [-0.1, -0.05) is 48.5 Å². The van der Waals surface area contributed by atoms with E-state index in [1.165, 1.54) is 34.3 Å². The Kier molecular flexibility index (Phi) is 6.00. The minimum Gasteiger partial charge on any atom is -0.277 e. The Hall–Kier alpha value is -4.02. The van der Waals surface area contributed by atoms with Crippen LogP contribution in [0.1, 0.15) is 23.2 Å². The summed E-state index contributed by atoms with van der Waals surface area (Å²) in [6, 6.07) is 17.6. The fraction of sp³-hybridized carbons (Fsp3) is 0.154. The molecule has 2 N–H and O–H groups in total. The lowest BCUT2D eigenvalue weighted by molar-refractivity contribution is -0.143. The maximum Gasteiger partial charge on any atom is 0.262 e. The van der Waals surface area contributed by atoms with Crippen molar-refractivity contribution >= 4 is 57.4 Å². The lowest BCUT2D eigenvalue weighted by Crippen LogP contribution is -2.59. The molecule has 192 valence electrons. The van der Waals surface area contributed by atoms with Crippen molar-refractivity contribution in [3.05, 3.63) is 95.6 Å². The average molecular weight is 555 g/mol. The van der Waals surface area contributed by atoms with Crippen molar-refractivity contribution in [2.45, 2.75) is 22.8 Å². The van der Waals surface area contributed by atoms with Gasteiger partial charge in [-0.05, 0) is 35.4 Å². The number of amides is 2. The van der Waals surface area contributed by atoms with Crippen molar-refractivity contribution in [2.75, 3.05) is 10.9 Å². The van der Waals surface area contributed by atoms with E-state index in [0.717, 1.165) is 0 Å². The van der Waals surface area contributed by atoms with Gasteiger partial charge in [0.2, 0.25) is 0 Å². The minimum absolute atomic E-state index is 0.287. The molecule has 4 unspecified atom stereocenters. The van der Waals surface area contributed by atoms with Gasteiger partial charge in [-0.25, -0.2) is 18.8 Å². The highest BCUT2D eigenvalue weighted by molar-refractivity contribution is 6.34. The fourth-order valence-electron chi connectivity index (χ4n) is 4.61. The van der Waals surface area contributed by atoms with E-state index in [9.17, 15) is 18.4 Å². The number of hydrogen-bond donors (Lipinski definition) is 2. The number of carbonyl (C=O) groups excluding carboxylic acids is 2. The molecule has 6 rings (SSSR count). The van der Waals surface area contributed by atoms with Crippen molar-refractivity contribution < 1.29 is 18.4 Å². The summed E-state index contributed by atoms with van der Waals surface area (Å²) in [7, 11) is 0. The van der Waals surface area contributed by atoms with Crippen LogP contribution in [-0.4, -0.2) is 42.8 Å². The number of alkyl halides is 2. The predicted molar refractivity (Wildman–Crippen MR) is 138 cm³/mol. The van der Waals surface area contributed by atoms with Crippen LogP contribution in [0.15, 0.2) is 72.8 Å². The molecular formula is C26H18Cl2F2N6O2. The molecule has 38 heavy (non-hydrogen) atoms. The topological polar surface area (TPSA) is 90.5 Å². The summed E-state index contributed by atoms with van der Waals surface area (Å²) in [6.45, 7) is 0. The molecular weight excluding hydrogens is 537 g/mol. The van der Waals surface area contributed by atoms with E-state index in [2.05, 4.69) is 21.0 Å². The first-order valence-corrected chi connectivity index (χ1v) is 12.4. The van der Waals surface area contributed by atoms with Gasteiger partial charge in [-0.15, -0.1) is 33.4 Å². The molecule has 4 atom stereocenters. The molecule has 0 spiro atoms. The van der Waals surface area contributed by atoms with Gasteiger partial charge < -0.3 is 0 Å². The first kappa shape index (κ1) is 24.3. The predicted octanol–water partition coefficient (Wildman–Crippen LogP) is 4.94. The molecule has 0 bridgehead atoms. The molecule has 0 radical (unpaired) electrons. The van der Waals surface area contributed by atoms with Crippen molar-refractivity contribution in [2.24, 2.45) is 0 Å². The van der Waals surface area contributed by atoms with Crippen molar-refractivity contribution in [1.82, 2.24) is 20.2 Å². The van der Waals surface area contributed by atoms with Crippen molar-refractivity contribution in [3.63, 3.8) is 0 Å². The maximum atomic E-state index is 13.4. The van der Waals surface area contributed by atoms with Gasteiger partial charge in [0, 0.05) is 10.8 Å². The Balaban J connectivity index is 1.29. The van der Waals surface area contributed by atoms with Crippen LogP contribution in [0.3, 0.4) is 0 Å². The van der Waals surface area contributed by atoms with E-state index in [4.69, 9.17) is 23.2 Å². The number of fused-ring (bicyclic) bond motifs is 1. The molecule has 12 heteroatoms. The average Bonchev–Trinajstić information content (AvgIpc) is 2.94. The molecule has 2 saturated heterocycles. The minimum atomic E-state index is -0.822. The van der Waals surface area contributed by atoms with Crippen LogP contribution in [0.4, 0.5) is 20.4 Å². The van der Waals surface area contributed by atoms with Gasteiger partial charge in [0.1, 0.15) is 34.5 Å². The Morgan fingerprint density at radius 2 is 1.00 bits per heavy atom. The number of nitrogens with one attached hydrogen (secondary N) is 2. The van der Waals surface area contributed by atoms with Gasteiger partial charge in [0.25, 0.3) is 11.8 Å². The molecule has 1 aromatic heterocycles. The third kappa shape index (κ3) is 3.97. The summed E-state index contributed by atoms with van der Waals surface area (Å²) in [5.41, 5.74) is 7.31. The second kappa shape index (κ2) is 9.38. The number of aromatic nitrogens is 2. The van der Waals surface area contributed by atoms with Gasteiger partial charge in [0.15, 0.2) is 11.6 Å². The normalized spacial score (nSPS) is 22.7. The Morgan fingerprint density at radius 3 is 1.37 bits per heavy atom.